The van der Waals surface area contributed by atoms with Gasteiger partial charge in [0.1, 0.15) is 5.82 Å². The fraction of sp³-hybridized carbons (Fsp3) is 0.500. The van der Waals surface area contributed by atoms with E-state index >= 15 is 0 Å². The van der Waals surface area contributed by atoms with Gasteiger partial charge in [-0.1, -0.05) is 0 Å². The molecule has 0 aliphatic carbocycles. The number of aromatic carboxylic acids is 1. The number of nitrogens with one attached hydrogen (secondary N) is 1. The number of aromatic nitrogens is 2. The quantitative estimate of drug-likeness (QED) is 0.771. The lowest BCUT2D eigenvalue weighted by Gasteiger charge is -2.26. The highest BCUT2D eigenvalue weighted by Crippen LogP contribution is 2.04. The number of amides is 1. The Morgan fingerprint density at radius 3 is 2.65 bits per heavy atom. The van der Waals surface area contributed by atoms with Gasteiger partial charge in [-0.2, -0.15) is 0 Å². The van der Waals surface area contributed by atoms with Crippen molar-refractivity contribution in [3.8, 4) is 0 Å². The van der Waals surface area contributed by atoms with E-state index in [1.807, 2.05) is 0 Å². The number of morpholine rings is 1. The number of carboxylic acids is 1. The molecule has 2 rings (SSSR count). The van der Waals surface area contributed by atoms with Gasteiger partial charge in [0, 0.05) is 26.1 Å². The molecule has 0 spiro atoms. The maximum Gasteiger partial charge on any atom is 0.356 e. The summed E-state index contributed by atoms with van der Waals surface area (Å²) in [6.45, 7) is 2.86. The SMILES string of the molecule is O=C(O)c1ccc(NCCC(=O)N2CCOCC2)nn1. The largest absolute Gasteiger partial charge is 0.476 e. The van der Waals surface area contributed by atoms with Crippen LogP contribution in [0.5, 0.6) is 0 Å². The molecule has 1 saturated heterocycles. The number of rotatable bonds is 5. The molecule has 0 atom stereocenters. The summed E-state index contributed by atoms with van der Waals surface area (Å²) >= 11 is 0. The third kappa shape index (κ3) is 3.89. The molecule has 8 heteroatoms. The number of hydrogen-bond donors (Lipinski definition) is 2. The fourth-order valence-corrected chi connectivity index (χ4v) is 1.81. The molecular weight excluding hydrogens is 264 g/mol. The minimum Gasteiger partial charge on any atom is -0.476 e. The minimum atomic E-state index is -1.12. The van der Waals surface area contributed by atoms with Crippen LogP contribution in [0, 0.1) is 0 Å². The molecule has 1 aromatic heterocycles. The van der Waals surface area contributed by atoms with E-state index in [1.54, 1.807) is 4.90 Å². The number of carbonyl (C=O) groups is 2. The van der Waals surface area contributed by atoms with Crippen molar-refractivity contribution in [1.82, 2.24) is 15.1 Å². The maximum atomic E-state index is 11.8. The Bertz CT molecular complexity index is 471. The highest BCUT2D eigenvalue weighted by molar-refractivity contribution is 5.85. The van der Waals surface area contributed by atoms with Crippen LogP contribution in [0.15, 0.2) is 12.1 Å². The molecule has 1 aliphatic heterocycles. The second-order valence-corrected chi connectivity index (χ2v) is 4.28. The zero-order chi connectivity index (χ0) is 14.4. The van der Waals surface area contributed by atoms with Crippen LogP contribution in [0.25, 0.3) is 0 Å². The first-order valence-electron chi connectivity index (χ1n) is 6.33. The van der Waals surface area contributed by atoms with Crippen LogP contribution in [0.4, 0.5) is 5.82 Å². The molecule has 2 N–H and O–H groups in total. The van der Waals surface area contributed by atoms with Gasteiger partial charge in [-0.25, -0.2) is 4.79 Å². The van der Waals surface area contributed by atoms with Crippen LogP contribution in [-0.4, -0.2) is 64.9 Å². The molecule has 0 aromatic carbocycles. The molecule has 1 amide bonds. The van der Waals surface area contributed by atoms with Crippen molar-refractivity contribution in [3.63, 3.8) is 0 Å². The Labute approximate surface area is 115 Å². The molecule has 1 fully saturated rings. The van der Waals surface area contributed by atoms with Crippen molar-refractivity contribution in [3.05, 3.63) is 17.8 Å². The van der Waals surface area contributed by atoms with Gasteiger partial charge in [-0.3, -0.25) is 4.79 Å². The third-order valence-corrected chi connectivity index (χ3v) is 2.89. The minimum absolute atomic E-state index is 0.0657. The Kier molecular flexibility index (Phi) is 4.83. The van der Waals surface area contributed by atoms with Gasteiger partial charge in [0.25, 0.3) is 0 Å². The molecule has 1 aromatic rings. The second kappa shape index (κ2) is 6.80. The Hall–Kier alpha value is -2.22. The van der Waals surface area contributed by atoms with E-state index < -0.39 is 5.97 Å². The summed E-state index contributed by atoms with van der Waals surface area (Å²) in [6, 6.07) is 2.89. The zero-order valence-electron chi connectivity index (χ0n) is 10.9. The third-order valence-electron chi connectivity index (χ3n) is 2.89. The zero-order valence-corrected chi connectivity index (χ0v) is 10.9. The lowest BCUT2D eigenvalue weighted by atomic mass is 10.3. The summed E-state index contributed by atoms with van der Waals surface area (Å²) in [6.07, 6.45) is 0.350. The maximum absolute atomic E-state index is 11.8. The van der Waals surface area contributed by atoms with Crippen LogP contribution in [-0.2, 0) is 9.53 Å². The van der Waals surface area contributed by atoms with E-state index in [9.17, 15) is 9.59 Å². The number of nitrogens with zero attached hydrogens (tertiary/aromatic N) is 3. The molecule has 0 bridgehead atoms. The standard InChI is InChI=1S/C12H16N4O4/c17-11(16-5-7-20-8-6-16)3-4-13-10-2-1-9(12(18)19)14-15-10/h1-2H,3-8H2,(H,13,15)(H,18,19). The van der Waals surface area contributed by atoms with E-state index in [-0.39, 0.29) is 11.6 Å². The average molecular weight is 280 g/mol. The van der Waals surface area contributed by atoms with Crippen LogP contribution < -0.4 is 5.32 Å². The summed E-state index contributed by atoms with van der Waals surface area (Å²) in [5.74, 6) is -0.604. The van der Waals surface area contributed by atoms with Gasteiger partial charge in [0.2, 0.25) is 5.91 Å². The van der Waals surface area contributed by atoms with Crippen LogP contribution in [0.2, 0.25) is 0 Å². The van der Waals surface area contributed by atoms with E-state index in [0.29, 0.717) is 45.1 Å². The van der Waals surface area contributed by atoms with Crippen molar-refractivity contribution in [1.29, 1.82) is 0 Å². The van der Waals surface area contributed by atoms with Gasteiger partial charge in [-0.15, -0.1) is 10.2 Å². The van der Waals surface area contributed by atoms with Crippen LogP contribution in [0.3, 0.4) is 0 Å². The summed E-state index contributed by atoms with van der Waals surface area (Å²) in [5.41, 5.74) is -0.111. The number of carboxylic acid groups (broad SMARTS) is 1. The predicted molar refractivity (Wildman–Crippen MR) is 69.5 cm³/mol. The van der Waals surface area contributed by atoms with E-state index in [2.05, 4.69) is 15.5 Å². The normalized spacial score (nSPS) is 14.9. The number of carbonyl (C=O) groups excluding carboxylic acids is 1. The highest BCUT2D eigenvalue weighted by Gasteiger charge is 2.16. The van der Waals surface area contributed by atoms with E-state index in [1.165, 1.54) is 12.1 Å². The van der Waals surface area contributed by atoms with Gasteiger partial charge >= 0.3 is 5.97 Å². The smallest absolute Gasteiger partial charge is 0.356 e. The first-order valence-corrected chi connectivity index (χ1v) is 6.33. The number of ether oxygens (including phenoxy) is 1. The summed E-state index contributed by atoms with van der Waals surface area (Å²) in [5, 5.41) is 18.9. The second-order valence-electron chi connectivity index (χ2n) is 4.28. The summed E-state index contributed by atoms with van der Waals surface area (Å²) in [4.78, 5) is 24.2. The molecule has 2 heterocycles. The Balaban J connectivity index is 1.74. The van der Waals surface area contributed by atoms with E-state index in [0.717, 1.165) is 0 Å². The Morgan fingerprint density at radius 1 is 1.30 bits per heavy atom. The van der Waals surface area contributed by atoms with Crippen LogP contribution in [0.1, 0.15) is 16.9 Å². The van der Waals surface area contributed by atoms with Crippen molar-refractivity contribution < 1.29 is 19.4 Å². The first kappa shape index (κ1) is 14.2. The van der Waals surface area contributed by atoms with Crippen molar-refractivity contribution >= 4 is 17.7 Å². The molecule has 0 radical (unpaired) electrons. The molecular formula is C12H16N4O4. The van der Waals surface area contributed by atoms with Gasteiger partial charge < -0.3 is 20.1 Å². The van der Waals surface area contributed by atoms with Crippen LogP contribution >= 0.6 is 0 Å². The molecule has 108 valence electrons. The molecule has 1 aliphatic rings. The van der Waals surface area contributed by atoms with Crippen molar-refractivity contribution in [2.24, 2.45) is 0 Å². The van der Waals surface area contributed by atoms with Gasteiger partial charge in [0.15, 0.2) is 5.69 Å². The first-order chi connectivity index (χ1) is 9.66. The highest BCUT2D eigenvalue weighted by atomic mass is 16.5. The number of anilines is 1. The predicted octanol–water partition coefficient (Wildman–Crippen LogP) is -0.164. The lowest BCUT2D eigenvalue weighted by molar-refractivity contribution is -0.134. The lowest BCUT2D eigenvalue weighted by Crippen LogP contribution is -2.41. The fourth-order valence-electron chi connectivity index (χ4n) is 1.81. The molecule has 0 unspecified atom stereocenters. The van der Waals surface area contributed by atoms with Gasteiger partial charge in [0.05, 0.1) is 13.2 Å². The van der Waals surface area contributed by atoms with E-state index in [4.69, 9.17) is 9.84 Å². The molecule has 0 saturated carbocycles. The Morgan fingerprint density at radius 2 is 2.05 bits per heavy atom. The average Bonchev–Trinajstić information content (AvgIpc) is 2.48. The van der Waals surface area contributed by atoms with Gasteiger partial charge in [-0.05, 0) is 12.1 Å². The number of hydrogen-bond acceptors (Lipinski definition) is 6. The summed E-state index contributed by atoms with van der Waals surface area (Å²) < 4.78 is 5.18. The summed E-state index contributed by atoms with van der Waals surface area (Å²) in [7, 11) is 0. The topological polar surface area (TPSA) is 105 Å². The van der Waals surface area contributed by atoms with Crippen molar-refractivity contribution in [2.45, 2.75) is 6.42 Å². The monoisotopic (exact) mass is 280 g/mol. The van der Waals surface area contributed by atoms with Crippen molar-refractivity contribution in [2.75, 3.05) is 38.2 Å². The molecule has 20 heavy (non-hydrogen) atoms. The molecule has 8 nitrogen and oxygen atoms in total.